The molecule has 2 unspecified atom stereocenters. The van der Waals surface area contributed by atoms with Crippen molar-refractivity contribution in [3.63, 3.8) is 0 Å². The quantitative estimate of drug-likeness (QED) is 0.757. The average Bonchev–Trinajstić information content (AvgIpc) is 3.25. The van der Waals surface area contributed by atoms with Crippen molar-refractivity contribution in [3.8, 4) is 0 Å². The molecule has 0 aromatic heterocycles. The number of carboxylic acids is 1. The topological polar surface area (TPSA) is 52.6 Å². The first-order valence-electron chi connectivity index (χ1n) is 8.87. The van der Waals surface area contributed by atoms with Gasteiger partial charge in [0.25, 0.3) is 0 Å². The van der Waals surface area contributed by atoms with E-state index >= 15 is 0 Å². The molecule has 3 saturated carbocycles. The first kappa shape index (κ1) is 15.3. The minimum atomic E-state index is -0.701. The number of hydrogen-bond acceptors (Lipinski definition) is 3. The van der Waals surface area contributed by atoms with Gasteiger partial charge in [0.15, 0.2) is 0 Å². The zero-order chi connectivity index (χ0) is 14.8. The Bertz CT molecular complexity index is 364. The van der Waals surface area contributed by atoms with Crippen LogP contribution < -0.4 is 5.32 Å². The highest BCUT2D eigenvalue weighted by Gasteiger charge is 2.38. The van der Waals surface area contributed by atoms with Crippen molar-refractivity contribution in [1.82, 2.24) is 10.2 Å². The van der Waals surface area contributed by atoms with E-state index in [9.17, 15) is 4.79 Å². The minimum Gasteiger partial charge on any atom is -0.480 e. The van der Waals surface area contributed by atoms with Crippen molar-refractivity contribution >= 4 is 5.97 Å². The van der Waals surface area contributed by atoms with Crippen LogP contribution >= 0.6 is 0 Å². The van der Waals surface area contributed by atoms with E-state index in [2.05, 4.69) is 17.1 Å². The van der Waals surface area contributed by atoms with Gasteiger partial charge in [-0.25, -0.2) is 0 Å². The maximum Gasteiger partial charge on any atom is 0.317 e. The fourth-order valence-corrected chi connectivity index (χ4v) is 4.40. The fraction of sp³-hybridized carbons (Fsp3) is 0.941. The van der Waals surface area contributed by atoms with Crippen LogP contribution in [0.3, 0.4) is 0 Å². The summed E-state index contributed by atoms with van der Waals surface area (Å²) >= 11 is 0. The van der Waals surface area contributed by atoms with Gasteiger partial charge in [0, 0.05) is 18.1 Å². The van der Waals surface area contributed by atoms with Gasteiger partial charge >= 0.3 is 5.97 Å². The molecule has 2 atom stereocenters. The zero-order valence-corrected chi connectivity index (χ0v) is 13.3. The molecule has 0 aromatic rings. The zero-order valence-electron chi connectivity index (χ0n) is 13.3. The smallest absolute Gasteiger partial charge is 0.317 e. The van der Waals surface area contributed by atoms with Crippen molar-refractivity contribution in [2.24, 2.45) is 11.8 Å². The van der Waals surface area contributed by atoms with E-state index in [4.69, 9.17) is 5.11 Å². The summed E-state index contributed by atoms with van der Waals surface area (Å²) in [4.78, 5) is 13.0. The molecular weight excluding hydrogens is 264 g/mol. The van der Waals surface area contributed by atoms with Gasteiger partial charge in [0.05, 0.1) is 6.54 Å². The Morgan fingerprint density at radius 3 is 2.48 bits per heavy atom. The van der Waals surface area contributed by atoms with E-state index < -0.39 is 5.97 Å². The van der Waals surface area contributed by atoms with Crippen LogP contribution in [0.1, 0.15) is 58.3 Å². The molecule has 3 aliphatic rings. The first-order chi connectivity index (χ1) is 10.2. The number of carbonyl (C=O) groups is 1. The highest BCUT2D eigenvalue weighted by atomic mass is 16.4. The summed E-state index contributed by atoms with van der Waals surface area (Å²) in [6.07, 6.45) is 10.8. The second-order valence-electron chi connectivity index (χ2n) is 7.41. The maximum absolute atomic E-state index is 10.9. The lowest BCUT2D eigenvalue weighted by Crippen LogP contribution is -2.56. The normalized spacial score (nSPS) is 36.5. The highest BCUT2D eigenvalue weighted by Crippen LogP contribution is 2.44. The standard InChI is InChI=1S/C17H30N2O2/c1-2-19(11-17(20)21)16-9-15(10-16)18-14-5-3-4-13(8-14)12-6-7-12/h12-16,18H,2-11H2,1H3,(H,20,21). The van der Waals surface area contributed by atoms with E-state index in [0.29, 0.717) is 12.1 Å². The third kappa shape index (κ3) is 3.98. The molecular formula is C17H30N2O2. The second kappa shape index (κ2) is 6.66. The fourth-order valence-electron chi connectivity index (χ4n) is 4.40. The molecule has 4 heteroatoms. The summed E-state index contributed by atoms with van der Waals surface area (Å²) in [5.41, 5.74) is 0. The van der Waals surface area contributed by atoms with Gasteiger partial charge in [-0.05, 0) is 56.9 Å². The number of hydrogen-bond donors (Lipinski definition) is 2. The van der Waals surface area contributed by atoms with Gasteiger partial charge in [-0.3, -0.25) is 9.69 Å². The number of nitrogens with zero attached hydrogens (tertiary/aromatic N) is 1. The first-order valence-corrected chi connectivity index (χ1v) is 8.87. The minimum absolute atomic E-state index is 0.196. The Kier molecular flexibility index (Phi) is 4.85. The summed E-state index contributed by atoms with van der Waals surface area (Å²) in [6, 6.07) is 1.83. The Morgan fingerprint density at radius 2 is 1.86 bits per heavy atom. The summed E-state index contributed by atoms with van der Waals surface area (Å²) < 4.78 is 0. The SMILES string of the molecule is CCN(CC(=O)O)C1CC(NC2CCCC(C3CC3)C2)C1. The third-order valence-corrected chi connectivity index (χ3v) is 5.85. The Labute approximate surface area is 128 Å². The predicted molar refractivity (Wildman–Crippen MR) is 83.3 cm³/mol. The van der Waals surface area contributed by atoms with Crippen molar-refractivity contribution < 1.29 is 9.90 Å². The maximum atomic E-state index is 10.9. The molecule has 3 aliphatic carbocycles. The van der Waals surface area contributed by atoms with Crippen LogP contribution in [-0.2, 0) is 4.79 Å². The largest absolute Gasteiger partial charge is 0.480 e. The van der Waals surface area contributed by atoms with E-state index in [1.165, 1.54) is 38.5 Å². The van der Waals surface area contributed by atoms with E-state index in [1.54, 1.807) is 0 Å². The summed E-state index contributed by atoms with van der Waals surface area (Å²) in [7, 11) is 0. The Hall–Kier alpha value is -0.610. The summed E-state index contributed by atoms with van der Waals surface area (Å²) in [6.45, 7) is 3.10. The monoisotopic (exact) mass is 294 g/mol. The molecule has 3 fully saturated rings. The van der Waals surface area contributed by atoms with Crippen LogP contribution in [0, 0.1) is 11.8 Å². The number of nitrogens with one attached hydrogen (secondary N) is 1. The molecule has 0 amide bonds. The van der Waals surface area contributed by atoms with Crippen molar-refractivity contribution in [2.45, 2.75) is 76.4 Å². The number of carboxylic acid groups (broad SMARTS) is 1. The Balaban J connectivity index is 1.38. The van der Waals surface area contributed by atoms with Gasteiger partial charge in [-0.15, -0.1) is 0 Å². The molecule has 0 aromatic carbocycles. The van der Waals surface area contributed by atoms with Crippen LogP contribution in [0.5, 0.6) is 0 Å². The average molecular weight is 294 g/mol. The lowest BCUT2D eigenvalue weighted by molar-refractivity contribution is -0.139. The molecule has 0 aliphatic heterocycles. The summed E-state index contributed by atoms with van der Waals surface area (Å²) in [5, 5.41) is 12.8. The summed E-state index contributed by atoms with van der Waals surface area (Å²) in [5.74, 6) is 1.34. The van der Waals surface area contributed by atoms with Gasteiger partial charge in [0.1, 0.15) is 0 Å². The number of rotatable bonds is 7. The number of likely N-dealkylation sites (N-methyl/N-ethyl adjacent to an activating group) is 1. The van der Waals surface area contributed by atoms with E-state index in [1.807, 2.05) is 0 Å². The molecule has 0 bridgehead atoms. The van der Waals surface area contributed by atoms with Crippen LogP contribution in [0.25, 0.3) is 0 Å². The second-order valence-corrected chi connectivity index (χ2v) is 7.41. The van der Waals surface area contributed by atoms with Gasteiger partial charge in [0.2, 0.25) is 0 Å². The van der Waals surface area contributed by atoms with Gasteiger partial charge < -0.3 is 10.4 Å². The lowest BCUT2D eigenvalue weighted by atomic mass is 9.80. The van der Waals surface area contributed by atoms with E-state index in [-0.39, 0.29) is 6.54 Å². The van der Waals surface area contributed by atoms with Crippen molar-refractivity contribution in [3.05, 3.63) is 0 Å². The van der Waals surface area contributed by atoms with E-state index in [0.717, 1.165) is 37.3 Å². The number of aliphatic carboxylic acids is 1. The highest BCUT2D eigenvalue weighted by molar-refractivity contribution is 5.69. The molecule has 0 spiro atoms. The molecule has 21 heavy (non-hydrogen) atoms. The van der Waals surface area contributed by atoms with Gasteiger partial charge in [-0.1, -0.05) is 19.8 Å². The predicted octanol–water partition coefficient (Wildman–Crippen LogP) is 2.48. The molecule has 2 N–H and O–H groups in total. The van der Waals surface area contributed by atoms with Gasteiger partial charge in [-0.2, -0.15) is 0 Å². The van der Waals surface area contributed by atoms with Crippen LogP contribution in [0.15, 0.2) is 0 Å². The molecule has 0 radical (unpaired) electrons. The van der Waals surface area contributed by atoms with Crippen LogP contribution in [-0.4, -0.2) is 47.2 Å². The van der Waals surface area contributed by atoms with Crippen molar-refractivity contribution in [2.75, 3.05) is 13.1 Å². The molecule has 4 nitrogen and oxygen atoms in total. The lowest BCUT2D eigenvalue weighted by Gasteiger charge is -2.45. The molecule has 0 saturated heterocycles. The molecule has 120 valence electrons. The van der Waals surface area contributed by atoms with Crippen LogP contribution in [0.2, 0.25) is 0 Å². The Morgan fingerprint density at radius 1 is 1.10 bits per heavy atom. The van der Waals surface area contributed by atoms with Crippen molar-refractivity contribution in [1.29, 1.82) is 0 Å². The molecule has 0 heterocycles. The van der Waals surface area contributed by atoms with Crippen LogP contribution in [0.4, 0.5) is 0 Å². The third-order valence-electron chi connectivity index (χ3n) is 5.85. The molecule has 3 rings (SSSR count).